The zero-order valence-corrected chi connectivity index (χ0v) is 10.6. The third-order valence-corrected chi connectivity index (χ3v) is 3.78. The number of benzene rings is 1. The van der Waals surface area contributed by atoms with Crippen molar-refractivity contribution in [2.45, 2.75) is 19.8 Å². The van der Waals surface area contributed by atoms with Gasteiger partial charge in [0.2, 0.25) is 0 Å². The first-order valence-electron chi connectivity index (χ1n) is 5.50. The Balaban J connectivity index is 2.04. The maximum Gasteiger partial charge on any atom is 0.347 e. The van der Waals surface area contributed by atoms with Crippen molar-refractivity contribution in [1.82, 2.24) is 4.98 Å². The highest BCUT2D eigenvalue weighted by Gasteiger charge is 2.13. The molecule has 0 radical (unpaired) electrons. The monoisotopic (exact) mass is 265 g/mol. The van der Waals surface area contributed by atoms with E-state index in [9.17, 15) is 9.18 Å². The second-order valence-corrected chi connectivity index (χ2v) is 5.04. The molecule has 5 heteroatoms. The molecule has 2 aromatic rings. The molecular formula is C13H12FNO2S. The van der Waals surface area contributed by atoms with Crippen molar-refractivity contribution >= 4 is 17.3 Å². The first-order chi connectivity index (χ1) is 8.56. The number of hydrogen-bond acceptors (Lipinski definition) is 3. The fourth-order valence-electron chi connectivity index (χ4n) is 1.66. The van der Waals surface area contributed by atoms with E-state index >= 15 is 0 Å². The van der Waals surface area contributed by atoms with Gasteiger partial charge in [0.25, 0.3) is 0 Å². The lowest BCUT2D eigenvalue weighted by Gasteiger charge is -1.98. The Morgan fingerprint density at radius 1 is 1.33 bits per heavy atom. The third-order valence-electron chi connectivity index (χ3n) is 2.58. The molecule has 1 aromatic heterocycles. The number of aromatic carboxylic acids is 1. The topological polar surface area (TPSA) is 50.2 Å². The minimum Gasteiger partial charge on any atom is -0.477 e. The predicted octanol–water partition coefficient (Wildman–Crippen LogP) is 3.07. The van der Waals surface area contributed by atoms with Gasteiger partial charge in [-0.3, -0.25) is 0 Å². The summed E-state index contributed by atoms with van der Waals surface area (Å²) in [6.07, 6.45) is 1.40. The number of nitrogens with zero attached hydrogens (tertiary/aromatic N) is 1. The molecule has 0 saturated carbocycles. The zero-order chi connectivity index (χ0) is 13.1. The second-order valence-electron chi connectivity index (χ2n) is 3.95. The fraction of sp³-hybridized carbons (Fsp3) is 0.231. The fourth-order valence-corrected chi connectivity index (χ4v) is 2.56. The molecule has 1 aromatic carbocycles. The Labute approximate surface area is 108 Å². The Kier molecular flexibility index (Phi) is 3.72. The molecule has 94 valence electrons. The van der Waals surface area contributed by atoms with E-state index in [2.05, 4.69) is 4.98 Å². The van der Waals surface area contributed by atoms with E-state index < -0.39 is 5.97 Å². The zero-order valence-electron chi connectivity index (χ0n) is 9.81. The molecule has 1 N–H and O–H groups in total. The molecule has 1 heterocycles. The molecule has 0 fully saturated rings. The highest BCUT2D eigenvalue weighted by Crippen LogP contribution is 2.19. The molecule has 0 spiro atoms. The van der Waals surface area contributed by atoms with Gasteiger partial charge >= 0.3 is 5.97 Å². The van der Waals surface area contributed by atoms with Gasteiger partial charge in [0.15, 0.2) is 0 Å². The van der Waals surface area contributed by atoms with E-state index in [1.807, 2.05) is 0 Å². The van der Waals surface area contributed by atoms with Gasteiger partial charge in [0, 0.05) is 6.42 Å². The van der Waals surface area contributed by atoms with Gasteiger partial charge in [-0.05, 0) is 31.0 Å². The lowest BCUT2D eigenvalue weighted by atomic mass is 10.1. The number of carbonyl (C=O) groups is 1. The molecule has 18 heavy (non-hydrogen) atoms. The van der Waals surface area contributed by atoms with E-state index in [0.717, 1.165) is 17.0 Å². The van der Waals surface area contributed by atoms with Crippen molar-refractivity contribution < 1.29 is 14.3 Å². The number of halogens is 1. The molecule has 0 aliphatic carbocycles. The van der Waals surface area contributed by atoms with Gasteiger partial charge in [-0.1, -0.05) is 12.1 Å². The average molecular weight is 265 g/mol. The summed E-state index contributed by atoms with van der Waals surface area (Å²) >= 11 is 1.21. The van der Waals surface area contributed by atoms with Crippen LogP contribution >= 0.6 is 11.3 Å². The Morgan fingerprint density at radius 2 is 2.00 bits per heavy atom. The number of hydrogen-bond donors (Lipinski definition) is 1. The first-order valence-corrected chi connectivity index (χ1v) is 6.32. The summed E-state index contributed by atoms with van der Waals surface area (Å²) in [4.78, 5) is 15.4. The van der Waals surface area contributed by atoms with Gasteiger partial charge in [-0.25, -0.2) is 14.2 Å². The van der Waals surface area contributed by atoms with Crippen molar-refractivity contribution in [3.63, 3.8) is 0 Å². The molecule has 0 amide bonds. The lowest BCUT2D eigenvalue weighted by molar-refractivity contribution is 0.0701. The van der Waals surface area contributed by atoms with Crippen LogP contribution in [0.5, 0.6) is 0 Å². The average Bonchev–Trinajstić information content (AvgIpc) is 2.70. The summed E-state index contributed by atoms with van der Waals surface area (Å²) in [6, 6.07) is 6.30. The number of thiazole rings is 1. The first kappa shape index (κ1) is 12.7. The van der Waals surface area contributed by atoms with Crippen LogP contribution in [0.3, 0.4) is 0 Å². The Hall–Kier alpha value is -1.75. The van der Waals surface area contributed by atoms with Crippen LogP contribution in [0, 0.1) is 12.7 Å². The summed E-state index contributed by atoms with van der Waals surface area (Å²) in [5.74, 6) is -1.19. The van der Waals surface area contributed by atoms with Gasteiger partial charge < -0.3 is 5.11 Å². The number of aromatic nitrogens is 1. The van der Waals surface area contributed by atoms with Crippen LogP contribution in [0.1, 0.15) is 25.9 Å². The summed E-state index contributed by atoms with van der Waals surface area (Å²) < 4.78 is 12.7. The van der Waals surface area contributed by atoms with E-state index in [0.29, 0.717) is 17.0 Å². The second kappa shape index (κ2) is 5.27. The molecule has 3 nitrogen and oxygen atoms in total. The molecule has 0 saturated heterocycles. The number of carboxylic acids is 1. The molecule has 0 aliphatic heterocycles. The predicted molar refractivity (Wildman–Crippen MR) is 67.6 cm³/mol. The van der Waals surface area contributed by atoms with Crippen LogP contribution in [-0.4, -0.2) is 16.1 Å². The maximum absolute atomic E-state index is 12.7. The number of aryl methyl sites for hydroxylation is 3. The minimum atomic E-state index is -0.932. The number of carboxylic acid groups (broad SMARTS) is 1. The minimum absolute atomic E-state index is 0.253. The van der Waals surface area contributed by atoms with Crippen LogP contribution in [0.4, 0.5) is 4.39 Å². The molecule has 2 rings (SSSR count). The van der Waals surface area contributed by atoms with Crippen LogP contribution in [0.25, 0.3) is 0 Å². The van der Waals surface area contributed by atoms with Gasteiger partial charge in [-0.2, -0.15) is 0 Å². The van der Waals surface area contributed by atoms with Crippen LogP contribution in [0.15, 0.2) is 24.3 Å². The molecule has 0 atom stereocenters. The summed E-state index contributed by atoms with van der Waals surface area (Å²) in [7, 11) is 0. The lowest BCUT2D eigenvalue weighted by Crippen LogP contribution is -1.94. The SMILES string of the molecule is Cc1nc(CCc2ccc(F)cc2)sc1C(=O)O. The third kappa shape index (κ3) is 2.92. The van der Waals surface area contributed by atoms with Crippen molar-refractivity contribution in [3.05, 3.63) is 51.2 Å². The highest BCUT2D eigenvalue weighted by molar-refractivity contribution is 7.13. The Bertz CT molecular complexity index is 563. The van der Waals surface area contributed by atoms with Crippen LogP contribution < -0.4 is 0 Å². The Morgan fingerprint density at radius 3 is 2.56 bits per heavy atom. The maximum atomic E-state index is 12.7. The molecule has 0 bridgehead atoms. The highest BCUT2D eigenvalue weighted by atomic mass is 32.1. The molecule has 0 aliphatic rings. The molecule has 0 unspecified atom stereocenters. The van der Waals surface area contributed by atoms with Gasteiger partial charge in [-0.15, -0.1) is 11.3 Å². The van der Waals surface area contributed by atoms with Crippen molar-refractivity contribution in [3.8, 4) is 0 Å². The van der Waals surface area contributed by atoms with E-state index in [1.165, 1.54) is 23.5 Å². The van der Waals surface area contributed by atoms with Gasteiger partial charge in [0.05, 0.1) is 10.7 Å². The summed E-state index contributed by atoms with van der Waals surface area (Å²) in [6.45, 7) is 1.70. The smallest absolute Gasteiger partial charge is 0.347 e. The quantitative estimate of drug-likeness (QED) is 0.924. The van der Waals surface area contributed by atoms with Gasteiger partial charge in [0.1, 0.15) is 10.7 Å². The van der Waals surface area contributed by atoms with E-state index in [4.69, 9.17) is 5.11 Å². The number of rotatable bonds is 4. The van der Waals surface area contributed by atoms with Crippen molar-refractivity contribution in [2.75, 3.05) is 0 Å². The largest absolute Gasteiger partial charge is 0.477 e. The van der Waals surface area contributed by atoms with Crippen molar-refractivity contribution in [2.24, 2.45) is 0 Å². The normalized spacial score (nSPS) is 10.6. The standard InChI is InChI=1S/C13H12FNO2S/c1-8-12(13(16)17)18-11(15-8)7-4-9-2-5-10(14)6-3-9/h2-3,5-6H,4,7H2,1H3,(H,16,17). The molecular weight excluding hydrogens is 253 g/mol. The summed E-state index contributed by atoms with van der Waals surface area (Å²) in [5, 5.41) is 9.72. The van der Waals surface area contributed by atoms with E-state index in [1.54, 1.807) is 19.1 Å². The van der Waals surface area contributed by atoms with Crippen molar-refractivity contribution in [1.29, 1.82) is 0 Å². The van der Waals surface area contributed by atoms with Crippen LogP contribution in [0.2, 0.25) is 0 Å². The van der Waals surface area contributed by atoms with Crippen LogP contribution in [-0.2, 0) is 12.8 Å². The summed E-state index contributed by atoms with van der Waals surface area (Å²) in [5.41, 5.74) is 1.57. The van der Waals surface area contributed by atoms with E-state index in [-0.39, 0.29) is 5.82 Å².